The Morgan fingerprint density at radius 2 is 2.36 bits per heavy atom. The summed E-state index contributed by atoms with van der Waals surface area (Å²) in [6.07, 6.45) is 7.49. The molecule has 2 nitrogen and oxygen atoms in total. The van der Waals surface area contributed by atoms with E-state index in [2.05, 4.69) is 0 Å². The summed E-state index contributed by atoms with van der Waals surface area (Å²) < 4.78 is 5.14. The molecule has 1 fully saturated rings. The van der Waals surface area contributed by atoms with E-state index in [1.165, 1.54) is 0 Å². The van der Waals surface area contributed by atoms with E-state index in [1.54, 1.807) is 0 Å². The molecule has 0 aromatic carbocycles. The van der Waals surface area contributed by atoms with Gasteiger partial charge in [-0.05, 0) is 32.1 Å². The lowest BCUT2D eigenvalue weighted by Gasteiger charge is -2.01. The van der Waals surface area contributed by atoms with Crippen LogP contribution in [-0.4, -0.2) is 12.1 Å². The molecule has 0 spiro atoms. The summed E-state index contributed by atoms with van der Waals surface area (Å²) in [4.78, 5) is 11.2. The highest BCUT2D eigenvalue weighted by molar-refractivity contribution is 5.89. The maximum atomic E-state index is 11.2. The fourth-order valence-electron chi connectivity index (χ4n) is 1.27. The predicted molar refractivity (Wildman–Crippen MR) is 41.0 cm³/mol. The van der Waals surface area contributed by atoms with E-state index in [0.29, 0.717) is 0 Å². The van der Waals surface area contributed by atoms with Gasteiger partial charge in [0.1, 0.15) is 6.10 Å². The molecule has 0 amide bonds. The largest absolute Gasteiger partial charge is 0.459 e. The summed E-state index contributed by atoms with van der Waals surface area (Å²) >= 11 is 0. The van der Waals surface area contributed by atoms with Crippen LogP contribution in [0.5, 0.6) is 0 Å². The second kappa shape index (κ2) is 2.68. The second-order valence-corrected chi connectivity index (χ2v) is 3.23. The van der Waals surface area contributed by atoms with Gasteiger partial charge in [-0.25, -0.2) is 4.79 Å². The topological polar surface area (TPSA) is 26.3 Å². The smallest absolute Gasteiger partial charge is 0.333 e. The number of allylic oxidation sites excluding steroid dienone is 1. The minimum absolute atomic E-state index is 0.0648. The Hall–Kier alpha value is -0.790. The van der Waals surface area contributed by atoms with Crippen molar-refractivity contribution >= 4 is 5.97 Å². The molecule has 60 valence electrons. The van der Waals surface area contributed by atoms with Crippen molar-refractivity contribution in [3.8, 4) is 0 Å². The van der Waals surface area contributed by atoms with Gasteiger partial charge in [0.05, 0.1) is 0 Å². The van der Waals surface area contributed by atoms with Crippen molar-refractivity contribution in [1.82, 2.24) is 0 Å². The minimum Gasteiger partial charge on any atom is -0.459 e. The highest BCUT2D eigenvalue weighted by Crippen LogP contribution is 2.27. The van der Waals surface area contributed by atoms with Crippen LogP contribution in [-0.2, 0) is 9.53 Å². The minimum atomic E-state index is -0.0648. The van der Waals surface area contributed by atoms with Crippen LogP contribution in [0.1, 0.15) is 32.1 Å². The molecule has 11 heavy (non-hydrogen) atoms. The summed E-state index contributed by atoms with van der Waals surface area (Å²) in [5, 5.41) is 0. The summed E-state index contributed by atoms with van der Waals surface area (Å²) in [5.41, 5.74) is 0.900. The number of hydrogen-bond acceptors (Lipinski definition) is 2. The number of hydrogen-bond donors (Lipinski definition) is 0. The van der Waals surface area contributed by atoms with Crippen LogP contribution in [0.15, 0.2) is 11.6 Å². The van der Waals surface area contributed by atoms with Crippen molar-refractivity contribution < 1.29 is 9.53 Å². The quantitative estimate of drug-likeness (QED) is 0.564. The zero-order chi connectivity index (χ0) is 7.68. The zero-order valence-corrected chi connectivity index (χ0v) is 6.51. The van der Waals surface area contributed by atoms with Gasteiger partial charge in [0.25, 0.3) is 0 Å². The molecular weight excluding hydrogens is 140 g/mol. The molecule has 0 aromatic heterocycles. The number of esters is 1. The molecule has 2 rings (SSSR count). The van der Waals surface area contributed by atoms with Crippen LogP contribution in [0, 0.1) is 0 Å². The molecule has 0 aliphatic heterocycles. The van der Waals surface area contributed by atoms with E-state index in [-0.39, 0.29) is 12.1 Å². The van der Waals surface area contributed by atoms with Gasteiger partial charge in [-0.1, -0.05) is 6.08 Å². The number of ether oxygens (including phenoxy) is 1. The van der Waals surface area contributed by atoms with Gasteiger partial charge in [-0.3, -0.25) is 0 Å². The molecule has 2 aliphatic carbocycles. The van der Waals surface area contributed by atoms with Crippen molar-refractivity contribution in [2.45, 2.75) is 38.2 Å². The number of carbonyl (C=O) groups is 1. The number of carbonyl (C=O) groups excluding carboxylic acids is 1. The first kappa shape index (κ1) is 6.89. The highest BCUT2D eigenvalue weighted by Gasteiger charge is 2.27. The van der Waals surface area contributed by atoms with Crippen LogP contribution in [0.4, 0.5) is 0 Å². The Balaban J connectivity index is 1.87. The fourth-order valence-corrected chi connectivity index (χ4v) is 1.27. The van der Waals surface area contributed by atoms with E-state index in [9.17, 15) is 4.79 Å². The Labute approximate surface area is 66.2 Å². The lowest BCUT2D eigenvalue weighted by molar-refractivity contribution is -0.140. The molecular formula is C9H12O2. The Bertz CT molecular complexity index is 202. The number of rotatable bonds is 2. The predicted octanol–water partition coefficient (Wildman–Crippen LogP) is 1.80. The summed E-state index contributed by atoms with van der Waals surface area (Å²) in [7, 11) is 0. The van der Waals surface area contributed by atoms with Gasteiger partial charge in [0.15, 0.2) is 0 Å². The third-order valence-electron chi connectivity index (χ3n) is 2.10. The van der Waals surface area contributed by atoms with Gasteiger partial charge in [0.2, 0.25) is 0 Å². The van der Waals surface area contributed by atoms with E-state index in [0.717, 1.165) is 37.7 Å². The molecule has 2 aliphatic rings. The molecule has 1 saturated carbocycles. The van der Waals surface area contributed by atoms with Crippen LogP contribution < -0.4 is 0 Å². The Morgan fingerprint density at radius 3 is 2.91 bits per heavy atom. The summed E-state index contributed by atoms with van der Waals surface area (Å²) in [6.45, 7) is 0. The highest BCUT2D eigenvalue weighted by atomic mass is 16.5. The van der Waals surface area contributed by atoms with Crippen molar-refractivity contribution in [3.05, 3.63) is 11.6 Å². The second-order valence-electron chi connectivity index (χ2n) is 3.23. The normalized spacial score (nSPS) is 23.1. The van der Waals surface area contributed by atoms with Gasteiger partial charge in [-0.2, -0.15) is 0 Å². The SMILES string of the molecule is O=C(OC1CC1)C1=CCCC1. The average molecular weight is 152 g/mol. The third kappa shape index (κ3) is 1.62. The van der Waals surface area contributed by atoms with E-state index in [1.807, 2.05) is 6.08 Å². The van der Waals surface area contributed by atoms with Crippen LogP contribution in [0.3, 0.4) is 0 Å². The molecule has 0 radical (unpaired) electrons. The molecule has 0 N–H and O–H groups in total. The van der Waals surface area contributed by atoms with E-state index < -0.39 is 0 Å². The van der Waals surface area contributed by atoms with Crippen molar-refractivity contribution in [1.29, 1.82) is 0 Å². The standard InChI is InChI=1S/C9H12O2/c10-9(11-8-5-6-8)7-3-1-2-4-7/h3,8H,1-2,4-6H2. The van der Waals surface area contributed by atoms with E-state index >= 15 is 0 Å². The van der Waals surface area contributed by atoms with E-state index in [4.69, 9.17) is 4.74 Å². The van der Waals surface area contributed by atoms with Crippen LogP contribution >= 0.6 is 0 Å². The first-order valence-corrected chi connectivity index (χ1v) is 4.26. The van der Waals surface area contributed by atoms with Crippen molar-refractivity contribution in [2.24, 2.45) is 0 Å². The lowest BCUT2D eigenvalue weighted by atomic mass is 10.2. The molecule has 0 atom stereocenters. The van der Waals surface area contributed by atoms with Gasteiger partial charge in [-0.15, -0.1) is 0 Å². The van der Waals surface area contributed by atoms with Crippen molar-refractivity contribution in [3.63, 3.8) is 0 Å². The zero-order valence-electron chi connectivity index (χ0n) is 6.51. The first-order valence-electron chi connectivity index (χ1n) is 4.26. The van der Waals surface area contributed by atoms with Gasteiger partial charge in [0, 0.05) is 5.57 Å². The van der Waals surface area contributed by atoms with Crippen LogP contribution in [0.25, 0.3) is 0 Å². The molecule has 0 bridgehead atoms. The summed E-state index contributed by atoms with van der Waals surface area (Å²) in [6, 6.07) is 0. The monoisotopic (exact) mass is 152 g/mol. The molecule has 0 aromatic rings. The first-order chi connectivity index (χ1) is 5.36. The lowest BCUT2D eigenvalue weighted by Crippen LogP contribution is -2.07. The fraction of sp³-hybridized carbons (Fsp3) is 0.667. The van der Waals surface area contributed by atoms with Crippen molar-refractivity contribution in [2.75, 3.05) is 0 Å². The average Bonchev–Trinajstić information content (AvgIpc) is 2.67. The maximum absolute atomic E-state index is 11.2. The summed E-state index contributed by atoms with van der Waals surface area (Å²) in [5.74, 6) is -0.0648. The molecule has 0 unspecified atom stereocenters. The Morgan fingerprint density at radius 1 is 1.55 bits per heavy atom. The third-order valence-corrected chi connectivity index (χ3v) is 2.10. The van der Waals surface area contributed by atoms with Gasteiger partial charge >= 0.3 is 5.97 Å². The molecule has 0 saturated heterocycles. The molecule has 2 heteroatoms. The van der Waals surface area contributed by atoms with Gasteiger partial charge < -0.3 is 4.74 Å². The maximum Gasteiger partial charge on any atom is 0.333 e. The van der Waals surface area contributed by atoms with Crippen LogP contribution in [0.2, 0.25) is 0 Å². The molecule has 0 heterocycles. The Kier molecular flexibility index (Phi) is 1.68.